The molecule has 2 heteroatoms. The van der Waals surface area contributed by atoms with E-state index >= 15 is 0 Å². The third kappa shape index (κ3) is 1.64. The minimum atomic E-state index is 1.24. The van der Waals surface area contributed by atoms with E-state index in [1.165, 1.54) is 25.4 Å². The van der Waals surface area contributed by atoms with Crippen molar-refractivity contribution in [2.75, 3.05) is 0 Å². The molecule has 1 aromatic carbocycles. The van der Waals surface area contributed by atoms with E-state index in [1.807, 2.05) is 17.4 Å². The van der Waals surface area contributed by atoms with Gasteiger partial charge >= 0.3 is 0 Å². The largest absolute Gasteiger partial charge is 0.128 e. The molecule has 0 unspecified atom stereocenters. The monoisotopic (exact) mass is 266 g/mol. The second kappa shape index (κ2) is 3.87. The van der Waals surface area contributed by atoms with Crippen LogP contribution in [0.15, 0.2) is 34.1 Å². The molecule has 1 aromatic heterocycles. The molecular weight excluding hydrogens is 256 g/mol. The van der Waals surface area contributed by atoms with Gasteiger partial charge in [-0.1, -0.05) is 30.3 Å². The Hall–Kier alpha value is -0.600. The van der Waals surface area contributed by atoms with E-state index in [2.05, 4.69) is 54.0 Å². The lowest BCUT2D eigenvalue weighted by Gasteiger charge is -1.98. The van der Waals surface area contributed by atoms with Gasteiger partial charge in [0.25, 0.3) is 0 Å². The molecule has 0 radical (unpaired) electrons. The van der Waals surface area contributed by atoms with Crippen molar-refractivity contribution in [3.8, 4) is 10.4 Å². The molecule has 0 spiro atoms. The van der Waals surface area contributed by atoms with E-state index in [1.54, 1.807) is 0 Å². The highest BCUT2D eigenvalue weighted by Crippen LogP contribution is 2.38. The van der Waals surface area contributed by atoms with Gasteiger partial charge in [-0.05, 0) is 46.5 Å². The van der Waals surface area contributed by atoms with Gasteiger partial charge in [-0.25, -0.2) is 0 Å². The standard InChI is InChI=1S/C12H11BrS/c1-8-9(2)12(13)14-11(8)10-6-4-3-5-7-10/h3-7H,1-2H3. The second-order valence-electron chi connectivity index (χ2n) is 3.32. The van der Waals surface area contributed by atoms with E-state index in [-0.39, 0.29) is 0 Å². The molecule has 2 rings (SSSR count). The SMILES string of the molecule is Cc1c(Br)sc(-c2ccccc2)c1C. The van der Waals surface area contributed by atoms with Gasteiger partial charge in [-0.3, -0.25) is 0 Å². The van der Waals surface area contributed by atoms with E-state index in [9.17, 15) is 0 Å². The Balaban J connectivity index is 2.58. The zero-order chi connectivity index (χ0) is 10.1. The lowest BCUT2D eigenvalue weighted by molar-refractivity contribution is 1.39. The fourth-order valence-electron chi connectivity index (χ4n) is 1.43. The van der Waals surface area contributed by atoms with Crippen LogP contribution >= 0.6 is 27.3 Å². The third-order valence-corrected chi connectivity index (χ3v) is 4.74. The normalized spacial score (nSPS) is 10.5. The first-order chi connectivity index (χ1) is 6.70. The highest BCUT2D eigenvalue weighted by molar-refractivity contribution is 9.11. The molecule has 0 aliphatic rings. The molecule has 72 valence electrons. The Morgan fingerprint density at radius 1 is 1.00 bits per heavy atom. The van der Waals surface area contributed by atoms with Gasteiger partial charge in [0, 0.05) is 4.88 Å². The average Bonchev–Trinajstić information content (AvgIpc) is 2.47. The predicted molar refractivity (Wildman–Crippen MR) is 66.9 cm³/mol. The van der Waals surface area contributed by atoms with Crippen LogP contribution in [0.2, 0.25) is 0 Å². The average molecular weight is 267 g/mol. The Kier molecular flexibility index (Phi) is 2.75. The van der Waals surface area contributed by atoms with Crippen molar-refractivity contribution in [2.45, 2.75) is 13.8 Å². The number of rotatable bonds is 1. The first kappa shape index (κ1) is 9.94. The first-order valence-corrected chi connectivity index (χ1v) is 6.12. The third-order valence-electron chi connectivity index (χ3n) is 2.43. The molecule has 0 amide bonds. The summed E-state index contributed by atoms with van der Waals surface area (Å²) in [7, 11) is 0. The van der Waals surface area contributed by atoms with Crippen LogP contribution in [0, 0.1) is 13.8 Å². The molecule has 0 fully saturated rings. The van der Waals surface area contributed by atoms with Gasteiger partial charge in [-0.15, -0.1) is 11.3 Å². The van der Waals surface area contributed by atoms with Crippen molar-refractivity contribution in [1.82, 2.24) is 0 Å². The molecule has 0 saturated heterocycles. The van der Waals surface area contributed by atoms with Gasteiger partial charge in [0.15, 0.2) is 0 Å². The Labute approximate surface area is 96.7 Å². The maximum atomic E-state index is 3.58. The zero-order valence-electron chi connectivity index (χ0n) is 8.17. The summed E-state index contributed by atoms with van der Waals surface area (Å²) in [5.74, 6) is 0. The van der Waals surface area contributed by atoms with Crippen LogP contribution in [-0.4, -0.2) is 0 Å². The summed E-state index contributed by atoms with van der Waals surface area (Å²) in [5, 5.41) is 0. The quantitative estimate of drug-likeness (QED) is 0.696. The summed E-state index contributed by atoms with van der Waals surface area (Å²) in [6.45, 7) is 4.33. The summed E-state index contributed by atoms with van der Waals surface area (Å²) in [6.07, 6.45) is 0. The van der Waals surface area contributed by atoms with Crippen molar-refractivity contribution in [3.63, 3.8) is 0 Å². The summed E-state index contributed by atoms with van der Waals surface area (Å²) in [6, 6.07) is 10.5. The molecule has 1 heterocycles. The number of benzene rings is 1. The fourth-order valence-corrected chi connectivity index (χ4v) is 3.25. The molecule has 0 atom stereocenters. The van der Waals surface area contributed by atoms with Crippen LogP contribution in [0.1, 0.15) is 11.1 Å². The number of thiophene rings is 1. The molecule has 0 aliphatic carbocycles. The molecule has 0 saturated carbocycles. The molecule has 0 nitrogen and oxygen atoms in total. The van der Waals surface area contributed by atoms with Crippen molar-refractivity contribution in [3.05, 3.63) is 45.2 Å². The molecular formula is C12H11BrS. The molecule has 0 bridgehead atoms. The van der Waals surface area contributed by atoms with Crippen LogP contribution in [-0.2, 0) is 0 Å². The van der Waals surface area contributed by atoms with Crippen LogP contribution in [0.25, 0.3) is 10.4 Å². The number of halogens is 1. The van der Waals surface area contributed by atoms with Gasteiger partial charge < -0.3 is 0 Å². The maximum absolute atomic E-state index is 3.58. The summed E-state index contributed by atoms with van der Waals surface area (Å²) >= 11 is 5.39. The lowest BCUT2D eigenvalue weighted by Crippen LogP contribution is -1.76. The summed E-state index contributed by atoms with van der Waals surface area (Å²) < 4.78 is 1.24. The first-order valence-electron chi connectivity index (χ1n) is 4.51. The van der Waals surface area contributed by atoms with Gasteiger partial charge in [0.2, 0.25) is 0 Å². The van der Waals surface area contributed by atoms with Crippen LogP contribution in [0.3, 0.4) is 0 Å². The molecule has 0 aliphatic heterocycles. The highest BCUT2D eigenvalue weighted by atomic mass is 79.9. The van der Waals surface area contributed by atoms with Crippen molar-refractivity contribution in [2.24, 2.45) is 0 Å². The van der Waals surface area contributed by atoms with Gasteiger partial charge in [0.1, 0.15) is 0 Å². The Bertz CT molecular complexity index is 443. The van der Waals surface area contributed by atoms with E-state index in [4.69, 9.17) is 0 Å². The Morgan fingerprint density at radius 2 is 1.64 bits per heavy atom. The van der Waals surface area contributed by atoms with Crippen molar-refractivity contribution in [1.29, 1.82) is 0 Å². The van der Waals surface area contributed by atoms with E-state index in [0.717, 1.165) is 0 Å². The minimum Gasteiger partial charge on any atom is -0.128 e. The van der Waals surface area contributed by atoms with Gasteiger partial charge in [0.05, 0.1) is 3.79 Å². The Morgan fingerprint density at radius 3 is 2.14 bits per heavy atom. The number of hydrogen-bond donors (Lipinski definition) is 0. The van der Waals surface area contributed by atoms with Crippen molar-refractivity contribution < 1.29 is 0 Å². The van der Waals surface area contributed by atoms with Crippen LogP contribution < -0.4 is 0 Å². The zero-order valence-corrected chi connectivity index (χ0v) is 10.6. The summed E-state index contributed by atoms with van der Waals surface area (Å²) in [5.41, 5.74) is 4.05. The highest BCUT2D eigenvalue weighted by Gasteiger charge is 2.10. The second-order valence-corrected chi connectivity index (χ2v) is 5.66. The van der Waals surface area contributed by atoms with E-state index in [0.29, 0.717) is 0 Å². The predicted octanol–water partition coefficient (Wildman–Crippen LogP) is 4.79. The van der Waals surface area contributed by atoms with Gasteiger partial charge in [-0.2, -0.15) is 0 Å². The minimum absolute atomic E-state index is 1.24. The molecule has 14 heavy (non-hydrogen) atoms. The van der Waals surface area contributed by atoms with E-state index < -0.39 is 0 Å². The lowest BCUT2D eigenvalue weighted by atomic mass is 10.1. The van der Waals surface area contributed by atoms with Crippen LogP contribution in [0.4, 0.5) is 0 Å². The fraction of sp³-hybridized carbons (Fsp3) is 0.167. The maximum Gasteiger partial charge on any atom is 0.0736 e. The smallest absolute Gasteiger partial charge is 0.0736 e. The molecule has 0 N–H and O–H groups in total. The summed E-state index contributed by atoms with van der Waals surface area (Å²) in [4.78, 5) is 1.37. The number of hydrogen-bond acceptors (Lipinski definition) is 1. The van der Waals surface area contributed by atoms with Crippen LogP contribution in [0.5, 0.6) is 0 Å². The molecule has 2 aromatic rings. The topological polar surface area (TPSA) is 0 Å². The van der Waals surface area contributed by atoms with Crippen molar-refractivity contribution >= 4 is 27.3 Å².